The maximum atomic E-state index is 6.26. The van der Waals surface area contributed by atoms with Crippen molar-refractivity contribution in [2.75, 3.05) is 40.1 Å². The predicted octanol–water partition coefficient (Wildman–Crippen LogP) is 3.56. The quantitative estimate of drug-likeness (QED) is 0.759. The molecule has 1 heterocycles. The third-order valence-electron chi connectivity index (χ3n) is 3.38. The second-order valence-electron chi connectivity index (χ2n) is 6.33. The van der Waals surface area contributed by atoms with Crippen molar-refractivity contribution >= 4 is 28.1 Å². The highest BCUT2D eigenvalue weighted by atomic mass is 35.5. The number of rotatable bonds is 7. The van der Waals surface area contributed by atoms with Crippen LogP contribution in [0.2, 0.25) is 5.15 Å². The van der Waals surface area contributed by atoms with Gasteiger partial charge in [-0.1, -0.05) is 47.2 Å². The fourth-order valence-electron chi connectivity index (χ4n) is 2.41. The Morgan fingerprint density at radius 3 is 2.22 bits per heavy atom. The van der Waals surface area contributed by atoms with Gasteiger partial charge in [-0.3, -0.25) is 4.90 Å². The molecular formula is C17H25ClN4S. The van der Waals surface area contributed by atoms with Crippen LogP contribution >= 0.6 is 22.9 Å². The molecule has 1 aromatic heterocycles. The standard InChI is InChI=1S/C17H25ClN4S/c1-20(2)10-13-7-6-8-14(9-13)11-22(5)12-15-16(18)19-17(23-15)21(3)4/h6-9H,10-12H2,1-5H3. The van der Waals surface area contributed by atoms with E-state index in [0.29, 0.717) is 5.15 Å². The molecule has 0 N–H and O–H groups in total. The van der Waals surface area contributed by atoms with Gasteiger partial charge >= 0.3 is 0 Å². The first-order valence-corrected chi connectivity index (χ1v) is 8.78. The van der Waals surface area contributed by atoms with Crippen molar-refractivity contribution in [3.8, 4) is 0 Å². The predicted molar refractivity (Wildman–Crippen MR) is 100 cm³/mol. The van der Waals surface area contributed by atoms with Gasteiger partial charge < -0.3 is 9.80 Å². The summed E-state index contributed by atoms with van der Waals surface area (Å²) in [6.45, 7) is 2.67. The fraction of sp³-hybridized carbons (Fsp3) is 0.471. The van der Waals surface area contributed by atoms with E-state index in [-0.39, 0.29) is 0 Å². The molecule has 0 aliphatic heterocycles. The summed E-state index contributed by atoms with van der Waals surface area (Å²) in [5, 5.41) is 1.57. The molecule has 0 saturated carbocycles. The van der Waals surface area contributed by atoms with Crippen LogP contribution in [0.3, 0.4) is 0 Å². The lowest BCUT2D eigenvalue weighted by Crippen LogP contribution is -2.17. The summed E-state index contributed by atoms with van der Waals surface area (Å²) in [6.07, 6.45) is 0. The van der Waals surface area contributed by atoms with Gasteiger partial charge in [0.15, 0.2) is 5.13 Å². The van der Waals surface area contributed by atoms with Gasteiger partial charge in [-0.05, 0) is 32.3 Å². The first-order chi connectivity index (χ1) is 10.8. The Balaban J connectivity index is 2.00. The molecule has 126 valence electrons. The highest BCUT2D eigenvalue weighted by molar-refractivity contribution is 7.16. The molecule has 0 spiro atoms. The zero-order valence-electron chi connectivity index (χ0n) is 14.5. The molecule has 0 radical (unpaired) electrons. The van der Waals surface area contributed by atoms with Crippen molar-refractivity contribution in [2.45, 2.75) is 19.6 Å². The molecule has 0 bridgehead atoms. The normalized spacial score (nSPS) is 11.5. The molecular weight excluding hydrogens is 328 g/mol. The van der Waals surface area contributed by atoms with E-state index in [2.05, 4.69) is 60.2 Å². The first-order valence-electron chi connectivity index (χ1n) is 7.58. The molecule has 0 saturated heterocycles. The van der Waals surface area contributed by atoms with E-state index in [1.807, 2.05) is 19.0 Å². The van der Waals surface area contributed by atoms with Gasteiger partial charge in [0.25, 0.3) is 0 Å². The largest absolute Gasteiger partial charge is 0.354 e. The molecule has 1 aromatic carbocycles. The summed E-state index contributed by atoms with van der Waals surface area (Å²) in [6, 6.07) is 8.75. The summed E-state index contributed by atoms with van der Waals surface area (Å²) in [7, 11) is 10.3. The molecule has 4 nitrogen and oxygen atoms in total. The summed E-state index contributed by atoms with van der Waals surface area (Å²) < 4.78 is 0. The molecule has 0 unspecified atom stereocenters. The Kier molecular flexibility index (Phi) is 6.41. The van der Waals surface area contributed by atoms with Crippen LogP contribution < -0.4 is 4.90 Å². The van der Waals surface area contributed by atoms with Crippen molar-refractivity contribution < 1.29 is 0 Å². The number of aromatic nitrogens is 1. The molecule has 0 aliphatic carbocycles. The molecule has 6 heteroatoms. The maximum absolute atomic E-state index is 6.26. The van der Waals surface area contributed by atoms with Crippen molar-refractivity contribution in [3.05, 3.63) is 45.4 Å². The topological polar surface area (TPSA) is 22.6 Å². The second-order valence-corrected chi connectivity index (χ2v) is 7.75. The fourth-order valence-corrected chi connectivity index (χ4v) is 3.67. The maximum Gasteiger partial charge on any atom is 0.186 e. The lowest BCUT2D eigenvalue weighted by atomic mass is 10.1. The Hall–Kier alpha value is -1.14. The van der Waals surface area contributed by atoms with Crippen LogP contribution in [-0.2, 0) is 19.6 Å². The average molecular weight is 353 g/mol. The van der Waals surface area contributed by atoms with Crippen LogP contribution in [0.15, 0.2) is 24.3 Å². The highest BCUT2D eigenvalue weighted by Gasteiger charge is 2.13. The average Bonchev–Trinajstić information content (AvgIpc) is 2.80. The van der Waals surface area contributed by atoms with Crippen LogP contribution in [0.5, 0.6) is 0 Å². The van der Waals surface area contributed by atoms with Crippen LogP contribution in [0.1, 0.15) is 16.0 Å². The molecule has 0 amide bonds. The smallest absolute Gasteiger partial charge is 0.186 e. The lowest BCUT2D eigenvalue weighted by molar-refractivity contribution is 0.321. The van der Waals surface area contributed by atoms with Crippen LogP contribution in [0.25, 0.3) is 0 Å². The summed E-state index contributed by atoms with van der Waals surface area (Å²) in [5.41, 5.74) is 2.66. The molecule has 0 atom stereocenters. The van der Waals surface area contributed by atoms with E-state index in [4.69, 9.17) is 11.6 Å². The number of halogens is 1. The van der Waals surface area contributed by atoms with Crippen molar-refractivity contribution in [2.24, 2.45) is 0 Å². The van der Waals surface area contributed by atoms with Crippen LogP contribution in [0, 0.1) is 0 Å². The molecule has 0 fully saturated rings. The van der Waals surface area contributed by atoms with Crippen molar-refractivity contribution in [1.29, 1.82) is 0 Å². The lowest BCUT2D eigenvalue weighted by Gasteiger charge is -2.17. The van der Waals surface area contributed by atoms with E-state index in [0.717, 1.165) is 29.6 Å². The van der Waals surface area contributed by atoms with Gasteiger partial charge in [-0.25, -0.2) is 4.98 Å². The Labute approximate surface area is 148 Å². The number of hydrogen-bond acceptors (Lipinski definition) is 5. The summed E-state index contributed by atoms with van der Waals surface area (Å²) in [4.78, 5) is 12.0. The van der Waals surface area contributed by atoms with E-state index < -0.39 is 0 Å². The van der Waals surface area contributed by atoms with E-state index in [1.165, 1.54) is 11.1 Å². The third-order valence-corrected chi connectivity index (χ3v) is 5.01. The number of thiazole rings is 1. The first kappa shape index (κ1) is 18.2. The zero-order chi connectivity index (χ0) is 17.0. The monoisotopic (exact) mass is 352 g/mol. The minimum absolute atomic E-state index is 0.618. The summed E-state index contributed by atoms with van der Waals surface area (Å²) >= 11 is 7.91. The Bertz CT molecular complexity index is 639. The van der Waals surface area contributed by atoms with Gasteiger partial charge in [0.2, 0.25) is 0 Å². The van der Waals surface area contributed by atoms with Gasteiger partial charge in [0.05, 0.1) is 4.88 Å². The zero-order valence-corrected chi connectivity index (χ0v) is 16.1. The Morgan fingerprint density at radius 2 is 1.65 bits per heavy atom. The van der Waals surface area contributed by atoms with Gasteiger partial charge in [-0.15, -0.1) is 0 Å². The molecule has 0 aliphatic rings. The van der Waals surface area contributed by atoms with Crippen LogP contribution in [0.4, 0.5) is 5.13 Å². The molecule has 2 rings (SSSR count). The minimum atomic E-state index is 0.618. The number of anilines is 1. The number of hydrogen-bond donors (Lipinski definition) is 0. The second kappa shape index (κ2) is 8.11. The SMILES string of the molecule is CN(C)Cc1cccc(CN(C)Cc2sc(N(C)C)nc2Cl)c1. The van der Waals surface area contributed by atoms with Crippen molar-refractivity contribution in [3.63, 3.8) is 0 Å². The summed E-state index contributed by atoms with van der Waals surface area (Å²) in [5.74, 6) is 0. The third kappa shape index (κ3) is 5.46. The van der Waals surface area contributed by atoms with E-state index in [9.17, 15) is 0 Å². The van der Waals surface area contributed by atoms with E-state index in [1.54, 1.807) is 11.3 Å². The van der Waals surface area contributed by atoms with Gasteiger partial charge in [-0.2, -0.15) is 0 Å². The van der Waals surface area contributed by atoms with Gasteiger partial charge in [0.1, 0.15) is 5.15 Å². The van der Waals surface area contributed by atoms with Crippen LogP contribution in [-0.4, -0.2) is 50.0 Å². The van der Waals surface area contributed by atoms with Crippen molar-refractivity contribution in [1.82, 2.24) is 14.8 Å². The Morgan fingerprint density at radius 1 is 1.00 bits per heavy atom. The molecule has 23 heavy (non-hydrogen) atoms. The molecule has 2 aromatic rings. The minimum Gasteiger partial charge on any atom is -0.354 e. The number of nitrogens with zero attached hydrogens (tertiary/aromatic N) is 4. The highest BCUT2D eigenvalue weighted by Crippen LogP contribution is 2.29. The number of benzene rings is 1. The van der Waals surface area contributed by atoms with Gasteiger partial charge in [0, 0.05) is 33.7 Å². The van der Waals surface area contributed by atoms with E-state index >= 15 is 0 Å².